The van der Waals surface area contributed by atoms with Crippen molar-refractivity contribution in [1.29, 1.82) is 0 Å². The van der Waals surface area contributed by atoms with Gasteiger partial charge in [-0.1, -0.05) is 19.9 Å². The number of hydrogen-bond acceptors (Lipinski definition) is 2. The minimum atomic E-state index is -0.220. The van der Waals surface area contributed by atoms with Gasteiger partial charge in [0.1, 0.15) is 11.6 Å². The van der Waals surface area contributed by atoms with E-state index in [0.29, 0.717) is 29.8 Å². The van der Waals surface area contributed by atoms with Crippen LogP contribution in [0, 0.1) is 11.7 Å². The summed E-state index contributed by atoms with van der Waals surface area (Å²) in [6.07, 6.45) is 0. The van der Waals surface area contributed by atoms with Crippen LogP contribution in [0.2, 0.25) is 0 Å². The second-order valence-electron chi connectivity index (χ2n) is 4.37. The molecule has 0 saturated heterocycles. The molecule has 0 aliphatic carbocycles. The summed E-state index contributed by atoms with van der Waals surface area (Å²) in [7, 11) is 1.54. The van der Waals surface area contributed by atoms with Crippen LogP contribution in [0.25, 0.3) is 0 Å². The molecule has 0 spiro atoms. The van der Waals surface area contributed by atoms with Gasteiger partial charge in [-0.3, -0.25) is 0 Å². The quantitative estimate of drug-likeness (QED) is 0.831. The Hall–Kier alpha value is -1.09. The van der Waals surface area contributed by atoms with E-state index in [9.17, 15) is 4.39 Å². The molecule has 90 valence electrons. The molecule has 0 aliphatic rings. The van der Waals surface area contributed by atoms with Crippen LogP contribution < -0.4 is 10.1 Å². The normalized spacial score (nSPS) is 12.9. The van der Waals surface area contributed by atoms with Gasteiger partial charge in [-0.05, 0) is 18.9 Å². The molecule has 1 aromatic rings. The molecule has 2 nitrogen and oxygen atoms in total. The van der Waals surface area contributed by atoms with E-state index in [0.717, 1.165) is 0 Å². The summed E-state index contributed by atoms with van der Waals surface area (Å²) in [5.74, 6) is 0.877. The van der Waals surface area contributed by atoms with Crippen LogP contribution in [0.15, 0.2) is 18.2 Å². The molecule has 1 N–H and O–H groups in total. The Bertz CT molecular complexity index is 339. The smallest absolute Gasteiger partial charge is 0.131 e. The number of benzene rings is 1. The van der Waals surface area contributed by atoms with Gasteiger partial charge in [-0.2, -0.15) is 0 Å². The van der Waals surface area contributed by atoms with Crippen LogP contribution in [-0.4, -0.2) is 13.2 Å². The minimum absolute atomic E-state index is 0.220. The lowest BCUT2D eigenvalue weighted by molar-refractivity contribution is 0.407. The molecule has 1 unspecified atom stereocenters. The number of methoxy groups -OCH3 is 1. The van der Waals surface area contributed by atoms with Crippen molar-refractivity contribution in [3.05, 3.63) is 29.6 Å². The monoisotopic (exact) mass is 225 g/mol. The van der Waals surface area contributed by atoms with Gasteiger partial charge in [0.25, 0.3) is 0 Å². The van der Waals surface area contributed by atoms with E-state index >= 15 is 0 Å². The van der Waals surface area contributed by atoms with E-state index in [4.69, 9.17) is 4.74 Å². The molecule has 0 amide bonds. The molecule has 0 bridgehead atoms. The molecule has 0 saturated carbocycles. The van der Waals surface area contributed by atoms with Crippen LogP contribution in [0.4, 0.5) is 4.39 Å². The molecular weight excluding hydrogens is 205 g/mol. The van der Waals surface area contributed by atoms with E-state index in [2.05, 4.69) is 26.1 Å². The highest BCUT2D eigenvalue weighted by atomic mass is 19.1. The summed E-state index contributed by atoms with van der Waals surface area (Å²) in [6.45, 7) is 6.94. The largest absolute Gasteiger partial charge is 0.497 e. The van der Waals surface area contributed by atoms with Gasteiger partial charge in [0.2, 0.25) is 0 Å². The third-order valence-electron chi connectivity index (χ3n) is 2.87. The highest BCUT2D eigenvalue weighted by Crippen LogP contribution is 2.16. The molecule has 1 aromatic carbocycles. The first kappa shape index (κ1) is 13.0. The zero-order chi connectivity index (χ0) is 12.1. The van der Waals surface area contributed by atoms with Crippen molar-refractivity contribution in [1.82, 2.24) is 5.32 Å². The van der Waals surface area contributed by atoms with E-state index in [1.54, 1.807) is 12.1 Å². The van der Waals surface area contributed by atoms with E-state index in [1.165, 1.54) is 13.2 Å². The van der Waals surface area contributed by atoms with Gasteiger partial charge in [-0.25, -0.2) is 4.39 Å². The molecule has 3 heteroatoms. The number of halogens is 1. The first-order valence-electron chi connectivity index (χ1n) is 5.60. The fourth-order valence-electron chi connectivity index (χ4n) is 1.31. The molecule has 1 rings (SSSR count). The lowest BCUT2D eigenvalue weighted by atomic mass is 10.1. The fourth-order valence-corrected chi connectivity index (χ4v) is 1.31. The molecule has 0 aromatic heterocycles. The molecular formula is C13H20FNO. The average molecular weight is 225 g/mol. The summed E-state index contributed by atoms with van der Waals surface area (Å²) in [4.78, 5) is 0. The van der Waals surface area contributed by atoms with Gasteiger partial charge in [-0.15, -0.1) is 0 Å². The summed E-state index contributed by atoms with van der Waals surface area (Å²) in [5, 5.41) is 3.30. The summed E-state index contributed by atoms with van der Waals surface area (Å²) < 4.78 is 18.5. The topological polar surface area (TPSA) is 21.3 Å². The predicted molar refractivity (Wildman–Crippen MR) is 64.1 cm³/mol. The molecule has 0 fully saturated rings. The van der Waals surface area contributed by atoms with Crippen molar-refractivity contribution in [3.63, 3.8) is 0 Å². The van der Waals surface area contributed by atoms with Crippen molar-refractivity contribution in [2.45, 2.75) is 33.4 Å². The Labute approximate surface area is 96.8 Å². The van der Waals surface area contributed by atoms with Crippen LogP contribution >= 0.6 is 0 Å². The molecule has 0 aliphatic heterocycles. The van der Waals surface area contributed by atoms with Gasteiger partial charge >= 0.3 is 0 Å². The van der Waals surface area contributed by atoms with Gasteiger partial charge in [0.15, 0.2) is 0 Å². The van der Waals surface area contributed by atoms with Crippen molar-refractivity contribution < 1.29 is 9.13 Å². The number of ether oxygens (including phenoxy) is 1. The van der Waals surface area contributed by atoms with Crippen LogP contribution in [-0.2, 0) is 6.54 Å². The molecule has 16 heavy (non-hydrogen) atoms. The summed E-state index contributed by atoms with van der Waals surface area (Å²) in [5.41, 5.74) is 0.674. The molecule has 1 atom stereocenters. The predicted octanol–water partition coefficient (Wildman–Crippen LogP) is 2.97. The second kappa shape index (κ2) is 5.85. The standard InChI is InChI=1S/C13H20FNO/c1-9(2)10(3)15-8-11-5-6-12(16-4)7-13(11)14/h5-7,9-10,15H,8H2,1-4H3. The average Bonchev–Trinajstić information content (AvgIpc) is 2.26. The molecule has 0 radical (unpaired) electrons. The Morgan fingerprint density at radius 2 is 2.00 bits per heavy atom. The van der Waals surface area contributed by atoms with Gasteiger partial charge in [0, 0.05) is 24.2 Å². The second-order valence-corrected chi connectivity index (χ2v) is 4.37. The third kappa shape index (κ3) is 3.49. The minimum Gasteiger partial charge on any atom is -0.497 e. The Morgan fingerprint density at radius 1 is 1.31 bits per heavy atom. The Kier molecular flexibility index (Phi) is 4.74. The van der Waals surface area contributed by atoms with E-state index < -0.39 is 0 Å². The van der Waals surface area contributed by atoms with E-state index in [-0.39, 0.29) is 5.82 Å². The van der Waals surface area contributed by atoms with Crippen molar-refractivity contribution >= 4 is 0 Å². The highest BCUT2D eigenvalue weighted by molar-refractivity contribution is 5.28. The third-order valence-corrected chi connectivity index (χ3v) is 2.87. The van der Waals surface area contributed by atoms with Gasteiger partial charge in [0.05, 0.1) is 7.11 Å². The number of nitrogens with one attached hydrogen (secondary N) is 1. The first-order valence-corrected chi connectivity index (χ1v) is 5.60. The maximum Gasteiger partial charge on any atom is 0.131 e. The first-order chi connectivity index (χ1) is 7.54. The lowest BCUT2D eigenvalue weighted by Crippen LogP contribution is -2.30. The van der Waals surface area contributed by atoms with Crippen LogP contribution in [0.3, 0.4) is 0 Å². The van der Waals surface area contributed by atoms with Crippen LogP contribution in [0.5, 0.6) is 5.75 Å². The zero-order valence-corrected chi connectivity index (χ0v) is 10.4. The zero-order valence-electron chi connectivity index (χ0n) is 10.4. The lowest BCUT2D eigenvalue weighted by Gasteiger charge is -2.17. The summed E-state index contributed by atoms with van der Waals surface area (Å²) in [6, 6.07) is 5.33. The Balaban J connectivity index is 2.61. The number of rotatable bonds is 5. The van der Waals surface area contributed by atoms with Crippen molar-refractivity contribution in [3.8, 4) is 5.75 Å². The Morgan fingerprint density at radius 3 is 2.50 bits per heavy atom. The number of hydrogen-bond donors (Lipinski definition) is 1. The SMILES string of the molecule is COc1ccc(CNC(C)C(C)C)c(F)c1. The molecule has 0 heterocycles. The van der Waals surface area contributed by atoms with Gasteiger partial charge < -0.3 is 10.1 Å². The van der Waals surface area contributed by atoms with E-state index in [1.807, 2.05) is 0 Å². The highest BCUT2D eigenvalue weighted by Gasteiger charge is 2.08. The maximum absolute atomic E-state index is 13.6. The van der Waals surface area contributed by atoms with Crippen LogP contribution in [0.1, 0.15) is 26.3 Å². The maximum atomic E-state index is 13.6. The summed E-state index contributed by atoms with van der Waals surface area (Å²) >= 11 is 0. The van der Waals surface area contributed by atoms with Crippen molar-refractivity contribution in [2.75, 3.05) is 7.11 Å². The van der Waals surface area contributed by atoms with Crippen molar-refractivity contribution in [2.24, 2.45) is 5.92 Å². The fraction of sp³-hybridized carbons (Fsp3) is 0.538.